The van der Waals surface area contributed by atoms with Gasteiger partial charge in [0, 0.05) is 26.3 Å². The molecule has 0 fully saturated rings. The number of rotatable bonds is 7. The number of methoxy groups -OCH3 is 1. The van der Waals surface area contributed by atoms with Gasteiger partial charge in [-0.2, -0.15) is 0 Å². The minimum Gasteiger partial charge on any atom is -0.389 e. The van der Waals surface area contributed by atoms with Crippen molar-refractivity contribution in [2.75, 3.05) is 27.3 Å². The predicted octanol–water partition coefficient (Wildman–Crippen LogP) is 2.76. The van der Waals surface area contributed by atoms with Crippen LogP contribution in [0.3, 0.4) is 0 Å². The molecule has 1 amide bonds. The SMILES string of the molecule is CCc1ccc(-c2nc(C)c(C(=O)N(C)CC(O)COC)s2)cc1. The summed E-state index contributed by atoms with van der Waals surface area (Å²) >= 11 is 1.39. The summed E-state index contributed by atoms with van der Waals surface area (Å²) < 4.78 is 4.90. The van der Waals surface area contributed by atoms with E-state index >= 15 is 0 Å². The van der Waals surface area contributed by atoms with E-state index in [9.17, 15) is 9.90 Å². The Morgan fingerprint density at radius 3 is 2.62 bits per heavy atom. The summed E-state index contributed by atoms with van der Waals surface area (Å²) in [4.78, 5) is 19.3. The number of likely N-dealkylation sites (N-methyl/N-ethyl adjacent to an activating group) is 1. The largest absolute Gasteiger partial charge is 0.389 e. The number of carbonyl (C=O) groups is 1. The molecule has 24 heavy (non-hydrogen) atoms. The zero-order valence-corrected chi connectivity index (χ0v) is 15.4. The van der Waals surface area contributed by atoms with Crippen LogP contribution in [0.5, 0.6) is 0 Å². The highest BCUT2D eigenvalue weighted by atomic mass is 32.1. The summed E-state index contributed by atoms with van der Waals surface area (Å²) in [6.45, 7) is 4.39. The number of aromatic nitrogens is 1. The Hall–Kier alpha value is -1.76. The van der Waals surface area contributed by atoms with Gasteiger partial charge in [-0.1, -0.05) is 31.2 Å². The van der Waals surface area contributed by atoms with Gasteiger partial charge in [0.1, 0.15) is 9.88 Å². The van der Waals surface area contributed by atoms with Gasteiger partial charge in [0.15, 0.2) is 0 Å². The Morgan fingerprint density at radius 2 is 2.04 bits per heavy atom. The van der Waals surface area contributed by atoms with Crippen molar-refractivity contribution < 1.29 is 14.6 Å². The lowest BCUT2D eigenvalue weighted by Gasteiger charge is -2.19. The molecule has 1 N–H and O–H groups in total. The molecule has 2 aromatic rings. The maximum absolute atomic E-state index is 12.6. The molecule has 0 spiro atoms. The highest BCUT2D eigenvalue weighted by Crippen LogP contribution is 2.29. The number of hydrogen-bond acceptors (Lipinski definition) is 5. The number of amides is 1. The monoisotopic (exact) mass is 348 g/mol. The van der Waals surface area contributed by atoms with E-state index in [1.807, 2.05) is 19.1 Å². The van der Waals surface area contributed by atoms with Crippen molar-refractivity contribution in [2.45, 2.75) is 26.4 Å². The van der Waals surface area contributed by atoms with Crippen LogP contribution >= 0.6 is 11.3 Å². The Morgan fingerprint density at radius 1 is 1.38 bits per heavy atom. The number of ether oxygens (including phenoxy) is 1. The zero-order chi connectivity index (χ0) is 17.7. The standard InChI is InChI=1S/C18H24N2O3S/c1-5-13-6-8-14(9-7-13)17-19-12(2)16(24-17)18(22)20(3)10-15(21)11-23-4/h6-9,15,21H,5,10-11H2,1-4H3. The minimum absolute atomic E-state index is 0.128. The number of aryl methyl sites for hydroxylation is 2. The molecule has 0 aliphatic rings. The number of hydrogen-bond donors (Lipinski definition) is 1. The quantitative estimate of drug-likeness (QED) is 0.836. The first-order chi connectivity index (χ1) is 11.5. The van der Waals surface area contributed by atoms with Crippen molar-refractivity contribution in [3.05, 3.63) is 40.4 Å². The summed E-state index contributed by atoms with van der Waals surface area (Å²) in [6, 6.07) is 8.25. The summed E-state index contributed by atoms with van der Waals surface area (Å²) in [5.74, 6) is -0.128. The number of thiazole rings is 1. The van der Waals surface area contributed by atoms with Crippen molar-refractivity contribution in [3.63, 3.8) is 0 Å². The van der Waals surface area contributed by atoms with Crippen LogP contribution in [0, 0.1) is 6.92 Å². The van der Waals surface area contributed by atoms with Gasteiger partial charge >= 0.3 is 0 Å². The van der Waals surface area contributed by atoms with Crippen LogP contribution in [0.2, 0.25) is 0 Å². The molecule has 5 nitrogen and oxygen atoms in total. The van der Waals surface area contributed by atoms with Gasteiger partial charge in [0.05, 0.1) is 18.4 Å². The van der Waals surface area contributed by atoms with E-state index in [2.05, 4.69) is 24.0 Å². The first-order valence-electron chi connectivity index (χ1n) is 7.95. The Bertz CT molecular complexity index is 682. The van der Waals surface area contributed by atoms with E-state index in [0.717, 1.165) is 17.0 Å². The molecule has 1 aromatic heterocycles. The van der Waals surface area contributed by atoms with Crippen LogP contribution in [0.1, 0.15) is 27.9 Å². The molecule has 0 saturated heterocycles. The summed E-state index contributed by atoms with van der Waals surface area (Å²) in [6.07, 6.45) is 0.299. The smallest absolute Gasteiger partial charge is 0.265 e. The highest BCUT2D eigenvalue weighted by Gasteiger charge is 2.21. The fraction of sp³-hybridized carbons (Fsp3) is 0.444. The van der Waals surface area contributed by atoms with Crippen LogP contribution in [0.4, 0.5) is 0 Å². The van der Waals surface area contributed by atoms with Crippen molar-refractivity contribution in [1.29, 1.82) is 0 Å². The number of carbonyl (C=O) groups excluding carboxylic acids is 1. The minimum atomic E-state index is -0.696. The molecular formula is C18H24N2O3S. The van der Waals surface area contributed by atoms with Crippen molar-refractivity contribution >= 4 is 17.2 Å². The number of aliphatic hydroxyl groups excluding tert-OH is 1. The van der Waals surface area contributed by atoms with E-state index in [0.29, 0.717) is 10.6 Å². The van der Waals surface area contributed by atoms with Crippen LogP contribution in [-0.2, 0) is 11.2 Å². The molecule has 0 saturated carbocycles. The van der Waals surface area contributed by atoms with Gasteiger partial charge in [-0.15, -0.1) is 11.3 Å². The summed E-state index contributed by atoms with van der Waals surface area (Å²) in [5.41, 5.74) is 3.00. The molecule has 2 rings (SSSR count). The van der Waals surface area contributed by atoms with Crippen LogP contribution < -0.4 is 0 Å². The van der Waals surface area contributed by atoms with E-state index in [-0.39, 0.29) is 19.1 Å². The number of aliphatic hydroxyl groups is 1. The third-order valence-corrected chi connectivity index (χ3v) is 4.98. The zero-order valence-electron chi connectivity index (χ0n) is 14.6. The lowest BCUT2D eigenvalue weighted by Crippen LogP contribution is -2.36. The van der Waals surface area contributed by atoms with Crippen molar-refractivity contribution in [2.24, 2.45) is 0 Å². The molecule has 0 radical (unpaired) electrons. The van der Waals surface area contributed by atoms with Gasteiger partial charge < -0.3 is 14.7 Å². The Labute approximate surface area is 146 Å². The molecule has 0 aliphatic carbocycles. The molecule has 0 bridgehead atoms. The Balaban J connectivity index is 2.16. The molecule has 1 atom stereocenters. The molecule has 1 heterocycles. The van der Waals surface area contributed by atoms with Gasteiger partial charge in [0.25, 0.3) is 5.91 Å². The van der Waals surface area contributed by atoms with E-state index < -0.39 is 6.10 Å². The number of benzene rings is 1. The average Bonchev–Trinajstić information content (AvgIpc) is 2.96. The predicted molar refractivity (Wildman–Crippen MR) is 96.5 cm³/mol. The maximum atomic E-state index is 12.6. The topological polar surface area (TPSA) is 62.7 Å². The molecule has 1 unspecified atom stereocenters. The van der Waals surface area contributed by atoms with E-state index in [4.69, 9.17) is 4.74 Å². The first-order valence-corrected chi connectivity index (χ1v) is 8.77. The summed E-state index contributed by atoms with van der Waals surface area (Å²) in [7, 11) is 3.20. The normalized spacial score (nSPS) is 12.2. The van der Waals surface area contributed by atoms with Crippen LogP contribution in [0.25, 0.3) is 10.6 Å². The number of nitrogens with zero attached hydrogens (tertiary/aromatic N) is 2. The maximum Gasteiger partial charge on any atom is 0.265 e. The fourth-order valence-corrected chi connectivity index (χ4v) is 3.49. The third-order valence-electron chi connectivity index (χ3n) is 3.79. The second kappa shape index (κ2) is 8.37. The molecule has 130 valence electrons. The first kappa shape index (κ1) is 18.6. The second-order valence-electron chi connectivity index (χ2n) is 5.78. The third kappa shape index (κ3) is 4.41. The molecule has 6 heteroatoms. The Kier molecular flexibility index (Phi) is 6.48. The van der Waals surface area contributed by atoms with Gasteiger partial charge in [-0.25, -0.2) is 4.98 Å². The van der Waals surface area contributed by atoms with Crippen LogP contribution in [-0.4, -0.2) is 54.3 Å². The van der Waals surface area contributed by atoms with E-state index in [1.54, 1.807) is 7.05 Å². The van der Waals surface area contributed by atoms with Crippen molar-refractivity contribution in [1.82, 2.24) is 9.88 Å². The van der Waals surface area contributed by atoms with Gasteiger partial charge in [0.2, 0.25) is 0 Å². The second-order valence-corrected chi connectivity index (χ2v) is 6.78. The van der Waals surface area contributed by atoms with Crippen LogP contribution in [0.15, 0.2) is 24.3 Å². The molecule has 0 aliphatic heterocycles. The molecule has 1 aromatic carbocycles. The van der Waals surface area contributed by atoms with Gasteiger partial charge in [-0.05, 0) is 18.9 Å². The summed E-state index contributed by atoms with van der Waals surface area (Å²) in [5, 5.41) is 10.6. The average molecular weight is 348 g/mol. The lowest BCUT2D eigenvalue weighted by atomic mass is 10.1. The molecular weight excluding hydrogens is 324 g/mol. The van der Waals surface area contributed by atoms with Crippen molar-refractivity contribution in [3.8, 4) is 10.6 Å². The fourth-order valence-electron chi connectivity index (χ4n) is 2.42. The lowest BCUT2D eigenvalue weighted by molar-refractivity contribution is 0.0382. The van der Waals surface area contributed by atoms with Gasteiger partial charge in [-0.3, -0.25) is 4.79 Å². The van der Waals surface area contributed by atoms with E-state index in [1.165, 1.54) is 28.9 Å². The highest BCUT2D eigenvalue weighted by molar-refractivity contribution is 7.17.